The van der Waals surface area contributed by atoms with Gasteiger partial charge in [0.1, 0.15) is 5.75 Å². The smallest absolute Gasteiger partial charge is 0.338 e. The number of para-hydroxylation sites is 2. The van der Waals surface area contributed by atoms with Crippen LogP contribution in [0.1, 0.15) is 128 Å². The van der Waals surface area contributed by atoms with Crippen molar-refractivity contribution in [3.8, 4) is 16.9 Å². The molecule has 3 N–H and O–H groups in total. The van der Waals surface area contributed by atoms with Crippen LogP contribution >= 0.6 is 11.8 Å². The molecule has 0 unspecified atom stereocenters. The molecule has 2 aromatic heterocycles. The number of hydrogen-bond donors (Lipinski definition) is 3. The third-order valence-electron chi connectivity index (χ3n) is 8.73. The van der Waals surface area contributed by atoms with Gasteiger partial charge in [0, 0.05) is 16.9 Å². The van der Waals surface area contributed by atoms with E-state index in [0.717, 1.165) is 35.9 Å². The lowest BCUT2D eigenvalue weighted by Gasteiger charge is -2.21. The number of nitrogens with one attached hydrogen (secondary N) is 1. The number of carboxylic acid groups (broad SMARTS) is 2. The minimum absolute atomic E-state index is 0.115. The first-order chi connectivity index (χ1) is 22.8. The first kappa shape index (κ1) is 36.0. The number of aryl methyl sites for hydroxylation is 2. The van der Waals surface area contributed by atoms with Crippen molar-refractivity contribution >= 4 is 34.7 Å². The number of aromatic carboxylic acids is 2. The zero-order valence-electron chi connectivity index (χ0n) is 28.1. The van der Waals surface area contributed by atoms with Crippen molar-refractivity contribution in [2.75, 3.05) is 7.11 Å². The Morgan fingerprint density at radius 3 is 1.98 bits per heavy atom. The van der Waals surface area contributed by atoms with E-state index < -0.39 is 11.9 Å². The Bertz CT molecular complexity index is 1600. The van der Waals surface area contributed by atoms with Gasteiger partial charge in [0.25, 0.3) is 0 Å². The van der Waals surface area contributed by atoms with Gasteiger partial charge in [-0.15, -0.1) is 0 Å². The molecule has 0 aliphatic heterocycles. The average molecular weight is 660 g/mol. The van der Waals surface area contributed by atoms with E-state index >= 15 is 0 Å². The highest BCUT2D eigenvalue weighted by Crippen LogP contribution is 2.41. The lowest BCUT2D eigenvalue weighted by Crippen LogP contribution is -2.16. The predicted octanol–water partition coefficient (Wildman–Crippen LogP) is 10.3. The van der Waals surface area contributed by atoms with Crippen molar-refractivity contribution < 1.29 is 24.5 Å². The number of unbranched alkanes of at least 4 members (excludes halogenated alkanes) is 12. The number of aromatic nitrogens is 3. The fourth-order valence-corrected chi connectivity index (χ4v) is 7.14. The largest absolute Gasteiger partial charge is 0.496 e. The standard InChI is InChI=1S/C38H49N3O5S/c1-4-5-6-7-8-9-10-11-12-13-14-15-16-20-27-21-19-24-31(46-3)33(27)35-32(36(42)43)26(2)39-30(34(35)37(44)45)25-47-38-40-28-22-17-18-23-29(28)41-38/h17-19,21-24H,4-16,20,25H2,1-3H3,(H,40,41)(H,42,43)(H,44,45). The molecule has 0 saturated heterocycles. The molecule has 2 aromatic carbocycles. The molecule has 4 rings (SSSR count). The van der Waals surface area contributed by atoms with Crippen LogP contribution in [-0.4, -0.2) is 44.2 Å². The molecule has 9 heteroatoms. The summed E-state index contributed by atoms with van der Waals surface area (Å²) in [6.07, 6.45) is 17.0. The molecule has 8 nitrogen and oxygen atoms in total. The number of thioether (sulfide) groups is 1. The number of rotatable bonds is 21. The number of carbonyl (C=O) groups is 2. The summed E-state index contributed by atoms with van der Waals surface area (Å²) >= 11 is 1.33. The summed E-state index contributed by atoms with van der Waals surface area (Å²) in [6, 6.07) is 13.3. The van der Waals surface area contributed by atoms with Crippen molar-refractivity contribution in [1.29, 1.82) is 0 Å². The second-order valence-corrected chi connectivity index (χ2v) is 13.2. The van der Waals surface area contributed by atoms with Gasteiger partial charge < -0.3 is 19.9 Å². The molecule has 4 aromatic rings. The SMILES string of the molecule is CCCCCCCCCCCCCCCc1cccc(OC)c1-c1c(C(=O)O)c(C)nc(CSc2nc3ccccc3[nH]2)c1C(=O)O. The van der Waals surface area contributed by atoms with Crippen molar-refractivity contribution in [2.24, 2.45) is 0 Å². The van der Waals surface area contributed by atoms with Gasteiger partial charge >= 0.3 is 11.9 Å². The Balaban J connectivity index is 1.51. The summed E-state index contributed by atoms with van der Waals surface area (Å²) in [5.41, 5.74) is 3.55. The molecule has 0 spiro atoms. The molecule has 47 heavy (non-hydrogen) atoms. The Hall–Kier alpha value is -3.85. The summed E-state index contributed by atoms with van der Waals surface area (Å²) < 4.78 is 5.75. The number of aromatic amines is 1. The van der Waals surface area contributed by atoms with Gasteiger partial charge in [0.2, 0.25) is 0 Å². The zero-order chi connectivity index (χ0) is 33.6. The maximum absolute atomic E-state index is 12.9. The van der Waals surface area contributed by atoms with Crippen LogP contribution in [0.4, 0.5) is 0 Å². The summed E-state index contributed by atoms with van der Waals surface area (Å²) in [6.45, 7) is 3.87. The number of H-pyrrole nitrogens is 1. The molecule has 0 radical (unpaired) electrons. The third kappa shape index (κ3) is 9.83. The first-order valence-electron chi connectivity index (χ1n) is 17.1. The highest BCUT2D eigenvalue weighted by molar-refractivity contribution is 7.98. The van der Waals surface area contributed by atoms with Crippen molar-refractivity contribution in [3.63, 3.8) is 0 Å². The number of ether oxygens (including phenoxy) is 1. The molecule has 0 aliphatic carbocycles. The van der Waals surface area contributed by atoms with Gasteiger partial charge in [-0.2, -0.15) is 0 Å². The fraction of sp³-hybridized carbons (Fsp3) is 0.474. The maximum Gasteiger partial charge on any atom is 0.338 e. The van der Waals surface area contributed by atoms with E-state index in [1.54, 1.807) is 13.0 Å². The van der Waals surface area contributed by atoms with Crippen molar-refractivity contribution in [2.45, 2.75) is 115 Å². The van der Waals surface area contributed by atoms with E-state index in [1.165, 1.54) is 83.1 Å². The van der Waals surface area contributed by atoms with Crippen LogP contribution in [-0.2, 0) is 12.2 Å². The van der Waals surface area contributed by atoms with E-state index in [9.17, 15) is 19.8 Å². The third-order valence-corrected chi connectivity index (χ3v) is 9.61. The number of carboxylic acids is 2. The molecule has 0 bridgehead atoms. The first-order valence-corrected chi connectivity index (χ1v) is 18.1. The van der Waals surface area contributed by atoms with Crippen LogP contribution in [0, 0.1) is 6.92 Å². The molecule has 2 heterocycles. The Morgan fingerprint density at radius 1 is 0.766 bits per heavy atom. The van der Waals surface area contributed by atoms with Gasteiger partial charge in [-0.1, -0.05) is 120 Å². The highest BCUT2D eigenvalue weighted by atomic mass is 32.2. The van der Waals surface area contributed by atoms with Crippen LogP contribution in [0.25, 0.3) is 22.2 Å². The molecule has 0 aliphatic rings. The summed E-state index contributed by atoms with van der Waals surface area (Å²) in [5.74, 6) is -1.81. The predicted molar refractivity (Wildman–Crippen MR) is 190 cm³/mol. The van der Waals surface area contributed by atoms with Gasteiger partial charge in [-0.3, -0.25) is 4.98 Å². The monoisotopic (exact) mass is 659 g/mol. The number of benzene rings is 2. The van der Waals surface area contributed by atoms with Gasteiger partial charge in [0.15, 0.2) is 5.16 Å². The second-order valence-electron chi connectivity index (χ2n) is 12.2. The van der Waals surface area contributed by atoms with Gasteiger partial charge in [-0.25, -0.2) is 14.6 Å². The number of nitrogens with zero attached hydrogens (tertiary/aromatic N) is 2. The maximum atomic E-state index is 12.9. The molecule has 0 saturated carbocycles. The van der Waals surface area contributed by atoms with Crippen LogP contribution in [0.5, 0.6) is 5.75 Å². The molecule has 252 valence electrons. The lowest BCUT2D eigenvalue weighted by molar-refractivity contribution is 0.0695. The summed E-state index contributed by atoms with van der Waals surface area (Å²) in [7, 11) is 1.53. The summed E-state index contributed by atoms with van der Waals surface area (Å²) in [5, 5.41) is 21.5. The number of fused-ring (bicyclic) bond motifs is 1. The number of pyridine rings is 1. The van der Waals surface area contributed by atoms with Crippen LogP contribution < -0.4 is 4.74 Å². The minimum atomic E-state index is -1.23. The second kappa shape index (κ2) is 18.5. The molecule has 0 fully saturated rings. The molecular weight excluding hydrogens is 611 g/mol. The van der Waals surface area contributed by atoms with E-state index in [0.29, 0.717) is 28.6 Å². The van der Waals surface area contributed by atoms with Gasteiger partial charge in [0.05, 0.1) is 40.7 Å². The van der Waals surface area contributed by atoms with E-state index in [2.05, 4.69) is 21.9 Å². The topological polar surface area (TPSA) is 125 Å². The van der Waals surface area contributed by atoms with E-state index in [-0.39, 0.29) is 28.1 Å². The number of hydrogen-bond acceptors (Lipinski definition) is 6. The van der Waals surface area contributed by atoms with Crippen molar-refractivity contribution in [3.05, 3.63) is 70.5 Å². The highest BCUT2D eigenvalue weighted by Gasteiger charge is 2.30. The van der Waals surface area contributed by atoms with Crippen LogP contribution in [0.2, 0.25) is 0 Å². The minimum Gasteiger partial charge on any atom is -0.496 e. The number of methoxy groups -OCH3 is 1. The fourth-order valence-electron chi connectivity index (χ4n) is 6.32. The normalized spacial score (nSPS) is 11.3. The Kier molecular flexibility index (Phi) is 14.2. The average Bonchev–Trinajstić information content (AvgIpc) is 3.48. The summed E-state index contributed by atoms with van der Waals surface area (Å²) in [4.78, 5) is 38.0. The molecular formula is C38H49N3O5S. The Labute approximate surface area is 282 Å². The quantitative estimate of drug-likeness (QED) is 0.0596. The van der Waals surface area contributed by atoms with E-state index in [4.69, 9.17) is 4.74 Å². The van der Waals surface area contributed by atoms with Crippen molar-refractivity contribution in [1.82, 2.24) is 15.0 Å². The lowest BCUT2D eigenvalue weighted by atomic mass is 9.87. The molecule has 0 atom stereocenters. The van der Waals surface area contributed by atoms with E-state index in [1.807, 2.05) is 36.4 Å². The number of imidazole rings is 1. The van der Waals surface area contributed by atoms with Gasteiger partial charge in [-0.05, 0) is 43.5 Å². The zero-order valence-corrected chi connectivity index (χ0v) is 28.9. The Morgan fingerprint density at radius 2 is 1.38 bits per heavy atom. The van der Waals surface area contributed by atoms with Crippen LogP contribution in [0.3, 0.4) is 0 Å². The molecule has 0 amide bonds. The van der Waals surface area contributed by atoms with Crippen LogP contribution in [0.15, 0.2) is 47.6 Å².